The normalized spacial score (nSPS) is 12.5. The van der Waals surface area contributed by atoms with Crippen molar-refractivity contribution in [1.82, 2.24) is 10.2 Å². The first-order valence-corrected chi connectivity index (χ1v) is 15.6. The van der Waals surface area contributed by atoms with Crippen molar-refractivity contribution in [3.05, 3.63) is 92.9 Å². The van der Waals surface area contributed by atoms with E-state index in [0.717, 1.165) is 9.87 Å². The van der Waals surface area contributed by atoms with Gasteiger partial charge < -0.3 is 10.2 Å². The fraction of sp³-hybridized carbons (Fsp3) is 0.333. The molecule has 7 nitrogen and oxygen atoms in total. The largest absolute Gasteiger partial charge is 0.350 e. The van der Waals surface area contributed by atoms with Gasteiger partial charge in [0, 0.05) is 27.2 Å². The van der Waals surface area contributed by atoms with Crippen LogP contribution in [-0.2, 0) is 26.2 Å². The average Bonchev–Trinajstić information content (AvgIpc) is 2.88. The van der Waals surface area contributed by atoms with Gasteiger partial charge in [-0.25, -0.2) is 8.42 Å². The molecule has 3 aromatic carbocycles. The Labute approximate surface area is 257 Å². The molecular weight excluding hydrogens is 605 g/mol. The van der Waals surface area contributed by atoms with Crippen LogP contribution in [0.15, 0.2) is 71.6 Å². The Balaban J connectivity index is 2.09. The van der Waals surface area contributed by atoms with Crippen molar-refractivity contribution in [2.24, 2.45) is 0 Å². The number of halogens is 3. The highest BCUT2D eigenvalue weighted by Gasteiger charge is 2.35. The molecule has 0 aliphatic heterocycles. The van der Waals surface area contributed by atoms with E-state index in [-0.39, 0.29) is 23.8 Å². The van der Waals surface area contributed by atoms with Gasteiger partial charge in [0.25, 0.3) is 10.0 Å². The van der Waals surface area contributed by atoms with Crippen molar-refractivity contribution in [2.75, 3.05) is 10.8 Å². The van der Waals surface area contributed by atoms with Gasteiger partial charge in [0.1, 0.15) is 12.6 Å². The minimum Gasteiger partial charge on any atom is -0.350 e. The molecule has 0 unspecified atom stereocenters. The van der Waals surface area contributed by atoms with E-state index >= 15 is 0 Å². The van der Waals surface area contributed by atoms with Gasteiger partial charge >= 0.3 is 0 Å². The second-order valence-electron chi connectivity index (χ2n) is 10.7. The molecule has 11 heteroatoms. The van der Waals surface area contributed by atoms with Crippen LogP contribution in [0.25, 0.3) is 0 Å². The number of hydrogen-bond donors (Lipinski definition) is 1. The summed E-state index contributed by atoms with van der Waals surface area (Å²) in [5.41, 5.74) is 1.24. The molecule has 0 saturated carbocycles. The Kier molecular flexibility index (Phi) is 10.7. The lowest BCUT2D eigenvalue weighted by atomic mass is 10.1. The van der Waals surface area contributed by atoms with Crippen LogP contribution in [0.4, 0.5) is 5.69 Å². The zero-order chi connectivity index (χ0) is 30.5. The van der Waals surface area contributed by atoms with Crippen molar-refractivity contribution in [3.8, 4) is 0 Å². The fourth-order valence-corrected chi connectivity index (χ4v) is 6.19. The quantitative estimate of drug-likeness (QED) is 0.263. The molecule has 3 aromatic rings. The number of aryl methyl sites for hydroxylation is 1. The topological polar surface area (TPSA) is 86.8 Å². The average molecular weight is 639 g/mol. The van der Waals surface area contributed by atoms with Crippen molar-refractivity contribution in [3.63, 3.8) is 0 Å². The Morgan fingerprint density at radius 2 is 1.49 bits per heavy atom. The number of carbonyl (C=O) groups excluding carboxylic acids is 2. The molecule has 2 amide bonds. The number of carbonyl (C=O) groups is 2. The number of benzene rings is 3. The maximum atomic E-state index is 14.1. The second-order valence-corrected chi connectivity index (χ2v) is 13.9. The molecule has 0 bridgehead atoms. The lowest BCUT2D eigenvalue weighted by Gasteiger charge is -2.35. The molecule has 1 atom stereocenters. The van der Waals surface area contributed by atoms with Gasteiger partial charge in [-0.05, 0) is 88.2 Å². The summed E-state index contributed by atoms with van der Waals surface area (Å²) in [4.78, 5) is 28.9. The third-order valence-corrected chi connectivity index (χ3v) is 8.87. The Morgan fingerprint density at radius 1 is 0.902 bits per heavy atom. The van der Waals surface area contributed by atoms with E-state index in [2.05, 4.69) is 5.32 Å². The predicted octanol–water partition coefficient (Wildman–Crippen LogP) is 6.87. The van der Waals surface area contributed by atoms with Crippen LogP contribution in [0.2, 0.25) is 15.1 Å². The number of anilines is 1. The molecule has 0 aromatic heterocycles. The Bertz CT molecular complexity index is 1490. The van der Waals surface area contributed by atoms with Crippen LogP contribution in [0.1, 0.15) is 45.2 Å². The molecule has 0 saturated heterocycles. The lowest BCUT2D eigenvalue weighted by molar-refractivity contribution is -0.141. The summed E-state index contributed by atoms with van der Waals surface area (Å²) >= 11 is 18.5. The number of nitrogens with zero attached hydrogens (tertiary/aromatic N) is 2. The molecule has 0 aliphatic carbocycles. The van der Waals surface area contributed by atoms with E-state index < -0.39 is 34.1 Å². The van der Waals surface area contributed by atoms with Crippen molar-refractivity contribution >= 4 is 62.3 Å². The summed E-state index contributed by atoms with van der Waals surface area (Å²) in [6.45, 7) is 8.61. The highest BCUT2D eigenvalue weighted by atomic mass is 35.5. The molecule has 0 spiro atoms. The van der Waals surface area contributed by atoms with Gasteiger partial charge in [0.2, 0.25) is 11.8 Å². The number of rotatable bonds is 10. The smallest absolute Gasteiger partial charge is 0.264 e. The van der Waals surface area contributed by atoms with Crippen molar-refractivity contribution in [2.45, 2.75) is 64.1 Å². The van der Waals surface area contributed by atoms with E-state index in [0.29, 0.717) is 26.3 Å². The molecule has 41 heavy (non-hydrogen) atoms. The summed E-state index contributed by atoms with van der Waals surface area (Å²) in [6, 6.07) is 16.5. The second kappa shape index (κ2) is 13.5. The first kappa shape index (κ1) is 32.7. The first-order chi connectivity index (χ1) is 19.1. The van der Waals surface area contributed by atoms with Gasteiger partial charge in [0.15, 0.2) is 0 Å². The third-order valence-electron chi connectivity index (χ3n) is 6.24. The predicted molar refractivity (Wildman–Crippen MR) is 166 cm³/mol. The fourth-order valence-electron chi connectivity index (χ4n) is 4.18. The van der Waals surface area contributed by atoms with Crippen LogP contribution in [0, 0.1) is 6.92 Å². The molecular formula is C30H34Cl3N3O4S. The summed E-state index contributed by atoms with van der Waals surface area (Å²) in [5.74, 6) is -0.939. The highest BCUT2D eigenvalue weighted by molar-refractivity contribution is 7.92. The summed E-state index contributed by atoms with van der Waals surface area (Å²) in [6.07, 6.45) is 0.285. The first-order valence-electron chi connectivity index (χ1n) is 13.0. The van der Waals surface area contributed by atoms with Crippen LogP contribution >= 0.6 is 34.8 Å². The van der Waals surface area contributed by atoms with Gasteiger partial charge in [-0.2, -0.15) is 0 Å². The Morgan fingerprint density at radius 3 is 2.02 bits per heavy atom. The van der Waals surface area contributed by atoms with Gasteiger partial charge in [-0.1, -0.05) is 65.5 Å². The van der Waals surface area contributed by atoms with E-state index in [1.807, 2.05) is 27.7 Å². The van der Waals surface area contributed by atoms with Crippen LogP contribution in [-0.4, -0.2) is 43.3 Å². The molecule has 220 valence electrons. The molecule has 0 heterocycles. The summed E-state index contributed by atoms with van der Waals surface area (Å²) in [7, 11) is -4.20. The van der Waals surface area contributed by atoms with E-state index in [1.165, 1.54) is 29.2 Å². The van der Waals surface area contributed by atoms with Crippen LogP contribution in [0.5, 0.6) is 0 Å². The maximum absolute atomic E-state index is 14.1. The standard InChI is InChI=1S/C30H34Cl3N3O4S/c1-6-27(29(38)34-30(3,4)5)35(18-21-9-10-23(32)17-26(21)33)28(37)19-36(24-13-7-20(2)8-14-24)41(39,40)25-15-11-22(31)12-16-25/h7-17,27H,6,18-19H2,1-5H3,(H,34,38)/t27-/m1/s1. The number of hydrogen-bond acceptors (Lipinski definition) is 4. The monoisotopic (exact) mass is 637 g/mol. The van der Waals surface area contributed by atoms with Gasteiger partial charge in [-0.15, -0.1) is 0 Å². The van der Waals surface area contributed by atoms with Crippen LogP contribution in [0.3, 0.4) is 0 Å². The van der Waals surface area contributed by atoms with Crippen molar-refractivity contribution < 1.29 is 18.0 Å². The SMILES string of the molecule is CC[C@H](C(=O)NC(C)(C)C)N(Cc1ccc(Cl)cc1Cl)C(=O)CN(c1ccc(C)cc1)S(=O)(=O)c1ccc(Cl)cc1. The highest BCUT2D eigenvalue weighted by Crippen LogP contribution is 2.28. The van der Waals surface area contributed by atoms with Gasteiger partial charge in [-0.3, -0.25) is 13.9 Å². The number of sulfonamides is 1. The number of amides is 2. The molecule has 3 rings (SSSR count). The minimum atomic E-state index is -4.20. The van der Waals surface area contributed by atoms with E-state index in [9.17, 15) is 18.0 Å². The molecule has 1 N–H and O–H groups in total. The molecule has 0 fully saturated rings. The van der Waals surface area contributed by atoms with Crippen molar-refractivity contribution in [1.29, 1.82) is 0 Å². The maximum Gasteiger partial charge on any atom is 0.264 e. The van der Waals surface area contributed by atoms with Gasteiger partial charge in [0.05, 0.1) is 10.6 Å². The molecule has 0 aliphatic rings. The lowest BCUT2D eigenvalue weighted by Crippen LogP contribution is -2.55. The zero-order valence-electron chi connectivity index (χ0n) is 23.6. The number of nitrogens with one attached hydrogen (secondary N) is 1. The zero-order valence-corrected chi connectivity index (χ0v) is 26.7. The Hall–Kier alpha value is -2.78. The molecule has 0 radical (unpaired) electrons. The van der Waals surface area contributed by atoms with E-state index in [4.69, 9.17) is 34.8 Å². The third kappa shape index (κ3) is 8.61. The summed E-state index contributed by atoms with van der Waals surface area (Å²) < 4.78 is 28.8. The summed E-state index contributed by atoms with van der Waals surface area (Å²) in [5, 5.41) is 4.06. The minimum absolute atomic E-state index is 0.0277. The van der Waals surface area contributed by atoms with Crippen LogP contribution < -0.4 is 9.62 Å². The van der Waals surface area contributed by atoms with E-state index in [1.54, 1.807) is 49.4 Å².